The third-order valence-electron chi connectivity index (χ3n) is 3.68. The minimum absolute atomic E-state index is 0.0176. The minimum atomic E-state index is -0.124. The molecule has 110 valence electrons. The van der Waals surface area contributed by atoms with E-state index in [0.29, 0.717) is 23.8 Å². The van der Waals surface area contributed by atoms with E-state index in [0.717, 1.165) is 18.6 Å². The maximum absolute atomic E-state index is 12.6. The summed E-state index contributed by atoms with van der Waals surface area (Å²) in [5, 5.41) is 3.81. The van der Waals surface area contributed by atoms with E-state index in [1.165, 1.54) is 0 Å². The molecule has 6 heteroatoms. The van der Waals surface area contributed by atoms with Crippen LogP contribution in [0, 0.1) is 6.92 Å². The summed E-state index contributed by atoms with van der Waals surface area (Å²) >= 11 is 0. The van der Waals surface area contributed by atoms with Gasteiger partial charge in [-0.25, -0.2) is 0 Å². The molecule has 0 spiro atoms. The van der Waals surface area contributed by atoms with Crippen molar-refractivity contribution >= 4 is 5.91 Å². The molecule has 1 aromatic carbocycles. The predicted molar refractivity (Wildman–Crippen MR) is 75.0 cm³/mol. The second kappa shape index (κ2) is 5.55. The van der Waals surface area contributed by atoms with E-state index < -0.39 is 0 Å². The number of nitrogens with zero attached hydrogens (tertiary/aromatic N) is 3. The smallest absolute Gasteiger partial charge is 0.254 e. The van der Waals surface area contributed by atoms with Crippen LogP contribution in [0.3, 0.4) is 0 Å². The van der Waals surface area contributed by atoms with Gasteiger partial charge in [0.15, 0.2) is 5.82 Å². The van der Waals surface area contributed by atoms with Gasteiger partial charge in [0.2, 0.25) is 5.89 Å². The Morgan fingerprint density at radius 2 is 2.14 bits per heavy atom. The molecule has 1 saturated heterocycles. The first-order valence-electron chi connectivity index (χ1n) is 6.94. The molecule has 0 bridgehead atoms. The number of amides is 1. The zero-order valence-electron chi connectivity index (χ0n) is 12.1. The predicted octanol–water partition coefficient (Wildman–Crippen LogP) is 2.36. The van der Waals surface area contributed by atoms with Crippen molar-refractivity contribution in [1.82, 2.24) is 15.0 Å². The molecule has 0 saturated carbocycles. The number of rotatable bonds is 3. The molecular weight excluding hydrogens is 270 g/mol. The van der Waals surface area contributed by atoms with Gasteiger partial charge in [-0.3, -0.25) is 4.79 Å². The van der Waals surface area contributed by atoms with E-state index in [4.69, 9.17) is 9.26 Å². The summed E-state index contributed by atoms with van der Waals surface area (Å²) in [6.45, 7) is 2.48. The molecule has 6 nitrogen and oxygen atoms in total. The molecule has 1 aromatic heterocycles. The Bertz CT molecular complexity index is 636. The summed E-state index contributed by atoms with van der Waals surface area (Å²) in [5.74, 6) is 1.83. The number of likely N-dealkylation sites (tertiary alicyclic amines) is 1. The monoisotopic (exact) mass is 287 g/mol. The summed E-state index contributed by atoms with van der Waals surface area (Å²) in [6, 6.07) is 7.00. The number of aryl methyl sites for hydroxylation is 1. The van der Waals surface area contributed by atoms with Crippen molar-refractivity contribution in [2.45, 2.75) is 25.8 Å². The van der Waals surface area contributed by atoms with E-state index in [1.807, 2.05) is 0 Å². The van der Waals surface area contributed by atoms with Gasteiger partial charge in [-0.1, -0.05) is 5.16 Å². The molecule has 1 aliphatic heterocycles. The van der Waals surface area contributed by atoms with Crippen LogP contribution in [0.15, 0.2) is 28.8 Å². The van der Waals surface area contributed by atoms with Gasteiger partial charge in [-0.15, -0.1) is 0 Å². The van der Waals surface area contributed by atoms with Crippen LogP contribution >= 0.6 is 0 Å². The van der Waals surface area contributed by atoms with Crippen LogP contribution in [0.4, 0.5) is 0 Å². The van der Waals surface area contributed by atoms with Crippen LogP contribution in [-0.4, -0.2) is 34.6 Å². The van der Waals surface area contributed by atoms with E-state index in [2.05, 4.69) is 10.1 Å². The minimum Gasteiger partial charge on any atom is -0.497 e. The fourth-order valence-electron chi connectivity index (χ4n) is 2.61. The zero-order chi connectivity index (χ0) is 14.8. The fourth-order valence-corrected chi connectivity index (χ4v) is 2.61. The number of hydrogen-bond donors (Lipinski definition) is 0. The van der Waals surface area contributed by atoms with Crippen molar-refractivity contribution in [3.8, 4) is 5.75 Å². The zero-order valence-corrected chi connectivity index (χ0v) is 12.1. The van der Waals surface area contributed by atoms with Crippen LogP contribution in [0.1, 0.15) is 41.0 Å². The van der Waals surface area contributed by atoms with Gasteiger partial charge in [-0.2, -0.15) is 4.98 Å². The molecule has 0 N–H and O–H groups in total. The normalized spacial score (nSPS) is 18.0. The van der Waals surface area contributed by atoms with Crippen molar-refractivity contribution in [3.63, 3.8) is 0 Å². The van der Waals surface area contributed by atoms with Gasteiger partial charge < -0.3 is 14.2 Å². The quantitative estimate of drug-likeness (QED) is 0.866. The van der Waals surface area contributed by atoms with Crippen LogP contribution < -0.4 is 4.74 Å². The summed E-state index contributed by atoms with van der Waals surface area (Å²) in [4.78, 5) is 18.7. The molecule has 2 heterocycles. The molecule has 1 fully saturated rings. The summed E-state index contributed by atoms with van der Waals surface area (Å²) in [6.07, 6.45) is 1.79. The Hall–Kier alpha value is -2.37. The lowest BCUT2D eigenvalue weighted by atomic mass is 10.1. The van der Waals surface area contributed by atoms with Crippen LogP contribution in [0.5, 0.6) is 5.75 Å². The highest BCUT2D eigenvalue weighted by Gasteiger charge is 2.34. The van der Waals surface area contributed by atoms with Crippen molar-refractivity contribution in [1.29, 1.82) is 0 Å². The summed E-state index contributed by atoms with van der Waals surface area (Å²) < 4.78 is 10.3. The van der Waals surface area contributed by atoms with Crippen LogP contribution in [0.2, 0.25) is 0 Å². The van der Waals surface area contributed by atoms with Gasteiger partial charge in [-0.05, 0) is 44.0 Å². The first-order valence-corrected chi connectivity index (χ1v) is 6.94. The van der Waals surface area contributed by atoms with Crippen molar-refractivity contribution in [3.05, 3.63) is 41.5 Å². The highest BCUT2D eigenvalue weighted by atomic mass is 16.5. The first-order chi connectivity index (χ1) is 10.2. The maximum Gasteiger partial charge on any atom is 0.254 e. The molecule has 0 aliphatic carbocycles. The third kappa shape index (κ3) is 2.61. The number of ether oxygens (including phenoxy) is 1. The van der Waals surface area contributed by atoms with Crippen molar-refractivity contribution in [2.75, 3.05) is 13.7 Å². The van der Waals surface area contributed by atoms with Crippen molar-refractivity contribution < 1.29 is 14.1 Å². The third-order valence-corrected chi connectivity index (χ3v) is 3.68. The Balaban J connectivity index is 1.82. The number of carbonyl (C=O) groups is 1. The van der Waals surface area contributed by atoms with Gasteiger partial charge >= 0.3 is 0 Å². The lowest BCUT2D eigenvalue weighted by molar-refractivity contribution is 0.0710. The number of carbonyl (C=O) groups excluding carboxylic acids is 1. The Morgan fingerprint density at radius 1 is 1.38 bits per heavy atom. The Morgan fingerprint density at radius 3 is 2.76 bits per heavy atom. The average molecular weight is 287 g/mol. The SMILES string of the molecule is COc1ccc(C(=O)N2CCCC2c2nc(C)no2)cc1. The molecule has 1 atom stereocenters. The second-order valence-corrected chi connectivity index (χ2v) is 5.06. The summed E-state index contributed by atoms with van der Waals surface area (Å²) in [5.41, 5.74) is 0.638. The lowest BCUT2D eigenvalue weighted by Gasteiger charge is -2.22. The Kier molecular flexibility index (Phi) is 3.60. The van der Waals surface area contributed by atoms with Gasteiger partial charge in [0.1, 0.15) is 11.8 Å². The maximum atomic E-state index is 12.6. The first kappa shape index (κ1) is 13.6. The molecule has 0 radical (unpaired) electrons. The standard InChI is InChI=1S/C15H17N3O3/c1-10-16-14(21-17-10)13-4-3-9-18(13)15(19)11-5-7-12(20-2)8-6-11/h5-8,13H,3-4,9H2,1-2H3. The van der Waals surface area contributed by atoms with Crippen molar-refractivity contribution in [2.24, 2.45) is 0 Å². The van der Waals surface area contributed by atoms with Crippen LogP contribution in [0.25, 0.3) is 0 Å². The molecule has 1 aliphatic rings. The summed E-state index contributed by atoms with van der Waals surface area (Å²) in [7, 11) is 1.60. The Labute approximate surface area is 122 Å². The lowest BCUT2D eigenvalue weighted by Crippen LogP contribution is -2.30. The highest BCUT2D eigenvalue weighted by Crippen LogP contribution is 2.32. The average Bonchev–Trinajstić information content (AvgIpc) is 3.15. The molecular formula is C15H17N3O3. The van der Waals surface area contributed by atoms with E-state index in [1.54, 1.807) is 43.2 Å². The topological polar surface area (TPSA) is 68.5 Å². The molecule has 3 rings (SSSR count). The number of benzene rings is 1. The molecule has 1 unspecified atom stereocenters. The van der Waals surface area contributed by atoms with Crippen LogP contribution in [-0.2, 0) is 0 Å². The van der Waals surface area contributed by atoms with E-state index in [-0.39, 0.29) is 11.9 Å². The number of hydrogen-bond acceptors (Lipinski definition) is 5. The number of methoxy groups -OCH3 is 1. The largest absolute Gasteiger partial charge is 0.497 e. The number of aromatic nitrogens is 2. The molecule has 1 amide bonds. The van der Waals surface area contributed by atoms with Gasteiger partial charge in [0.05, 0.1) is 7.11 Å². The van der Waals surface area contributed by atoms with E-state index in [9.17, 15) is 4.79 Å². The second-order valence-electron chi connectivity index (χ2n) is 5.06. The van der Waals surface area contributed by atoms with Gasteiger partial charge in [0, 0.05) is 12.1 Å². The van der Waals surface area contributed by atoms with Gasteiger partial charge in [0.25, 0.3) is 5.91 Å². The fraction of sp³-hybridized carbons (Fsp3) is 0.400. The van der Waals surface area contributed by atoms with E-state index >= 15 is 0 Å². The molecule has 21 heavy (non-hydrogen) atoms. The molecule has 2 aromatic rings. The highest BCUT2D eigenvalue weighted by molar-refractivity contribution is 5.94.